The van der Waals surface area contributed by atoms with E-state index in [9.17, 15) is 0 Å². The Morgan fingerprint density at radius 2 is 2.08 bits per heavy atom. The maximum atomic E-state index is 5.18. The number of hydrogen-bond acceptors (Lipinski definition) is 2. The van der Waals surface area contributed by atoms with E-state index in [1.165, 1.54) is 0 Å². The minimum atomic E-state index is -0.0505. The van der Waals surface area contributed by atoms with Gasteiger partial charge in [-0.1, -0.05) is 31.4 Å². The number of ether oxygens (including phenoxy) is 2. The number of methoxy groups -OCH3 is 2. The van der Waals surface area contributed by atoms with Crippen molar-refractivity contribution in [3.63, 3.8) is 0 Å². The predicted octanol–water partition coefficient (Wildman–Crippen LogP) is 1.95. The first-order valence-electron chi connectivity index (χ1n) is 3.76. The third kappa shape index (κ3) is 3.51. The van der Waals surface area contributed by atoms with Crippen LogP contribution >= 0.6 is 0 Å². The molecule has 0 aromatic heterocycles. The molecule has 0 amide bonds. The van der Waals surface area contributed by atoms with Crippen LogP contribution in [0.15, 0.2) is 37.0 Å². The molecule has 1 atom stereocenters. The van der Waals surface area contributed by atoms with Crippen LogP contribution in [0.3, 0.4) is 0 Å². The van der Waals surface area contributed by atoms with E-state index >= 15 is 0 Å². The minimum Gasteiger partial charge on any atom is -0.382 e. The van der Waals surface area contributed by atoms with Crippen molar-refractivity contribution in [1.82, 2.24) is 0 Å². The molecule has 0 saturated carbocycles. The van der Waals surface area contributed by atoms with E-state index in [1.807, 2.05) is 6.08 Å². The molecule has 2 heteroatoms. The summed E-state index contributed by atoms with van der Waals surface area (Å²) < 4.78 is 10.2. The highest BCUT2D eigenvalue weighted by Gasteiger charge is 2.08. The topological polar surface area (TPSA) is 18.5 Å². The lowest BCUT2D eigenvalue weighted by Crippen LogP contribution is -2.18. The van der Waals surface area contributed by atoms with Gasteiger partial charge in [0.2, 0.25) is 0 Å². The fourth-order valence-corrected chi connectivity index (χ4v) is 0.895. The van der Waals surface area contributed by atoms with Crippen molar-refractivity contribution in [2.45, 2.75) is 6.10 Å². The maximum absolute atomic E-state index is 5.18. The lowest BCUT2D eigenvalue weighted by Gasteiger charge is -2.14. The molecule has 0 aliphatic rings. The molecule has 2 nitrogen and oxygen atoms in total. The average molecular weight is 168 g/mol. The van der Waals surface area contributed by atoms with Crippen molar-refractivity contribution in [3.8, 4) is 0 Å². The molecule has 0 unspecified atom stereocenters. The molecule has 0 fully saturated rings. The van der Waals surface area contributed by atoms with Crippen molar-refractivity contribution >= 4 is 0 Å². The number of hydrogen-bond donors (Lipinski definition) is 0. The van der Waals surface area contributed by atoms with Crippen molar-refractivity contribution in [2.75, 3.05) is 20.8 Å². The van der Waals surface area contributed by atoms with Gasteiger partial charge in [-0.15, -0.1) is 0 Å². The molecule has 0 aliphatic heterocycles. The van der Waals surface area contributed by atoms with Gasteiger partial charge in [0.25, 0.3) is 0 Å². The van der Waals surface area contributed by atoms with E-state index in [0.29, 0.717) is 6.61 Å². The van der Waals surface area contributed by atoms with Crippen molar-refractivity contribution in [3.05, 3.63) is 37.0 Å². The van der Waals surface area contributed by atoms with Gasteiger partial charge in [-0.05, 0) is 5.57 Å². The fourth-order valence-electron chi connectivity index (χ4n) is 0.895. The normalized spacial score (nSPS) is 14.0. The second-order valence-corrected chi connectivity index (χ2v) is 2.29. The molecule has 0 spiro atoms. The molecule has 0 aliphatic carbocycles. The van der Waals surface area contributed by atoms with Crippen LogP contribution in [0.25, 0.3) is 0 Å². The molecule has 0 heterocycles. The summed E-state index contributed by atoms with van der Waals surface area (Å²) in [5.74, 6) is 0. The van der Waals surface area contributed by atoms with E-state index in [1.54, 1.807) is 26.4 Å². The Hall–Kier alpha value is -0.860. The summed E-state index contributed by atoms with van der Waals surface area (Å²) in [6.07, 6.45) is 5.26. The first-order chi connectivity index (χ1) is 5.79. The fraction of sp³-hybridized carbons (Fsp3) is 0.400. The third-order valence-electron chi connectivity index (χ3n) is 1.52. The number of rotatable bonds is 6. The zero-order chi connectivity index (χ0) is 9.40. The maximum Gasteiger partial charge on any atom is 0.105 e. The molecular weight excluding hydrogens is 152 g/mol. The molecule has 0 bridgehead atoms. The Kier molecular flexibility index (Phi) is 6.34. The standard InChI is InChI=1S/C10H16O2/c1-5-7-9(6-2)10(12-4)8-11-3/h5-7,10H,1-2,8H2,3-4H3/b9-7+/t10-/m1/s1. The van der Waals surface area contributed by atoms with E-state index in [2.05, 4.69) is 13.2 Å². The van der Waals surface area contributed by atoms with Crippen LogP contribution in [0.1, 0.15) is 0 Å². The molecule has 0 aromatic carbocycles. The van der Waals surface area contributed by atoms with Gasteiger partial charge in [-0.2, -0.15) is 0 Å². The SMILES string of the molecule is C=C/C=C(\C=C)[C@@H](COC)OC. The third-order valence-corrected chi connectivity index (χ3v) is 1.52. The lowest BCUT2D eigenvalue weighted by atomic mass is 10.1. The molecule has 68 valence electrons. The van der Waals surface area contributed by atoms with Gasteiger partial charge in [-0.3, -0.25) is 0 Å². The summed E-state index contributed by atoms with van der Waals surface area (Å²) in [5.41, 5.74) is 0.981. The largest absolute Gasteiger partial charge is 0.382 e. The first kappa shape index (κ1) is 11.1. The molecule has 0 rings (SSSR count). The summed E-state index contributed by atoms with van der Waals surface area (Å²) in [4.78, 5) is 0. The Bertz CT molecular complexity index is 171. The van der Waals surface area contributed by atoms with Gasteiger partial charge in [0, 0.05) is 14.2 Å². The molecule has 0 aromatic rings. The van der Waals surface area contributed by atoms with E-state index in [4.69, 9.17) is 9.47 Å². The average Bonchev–Trinajstić information content (AvgIpc) is 2.11. The highest BCUT2D eigenvalue weighted by molar-refractivity contribution is 5.25. The van der Waals surface area contributed by atoms with Crippen LogP contribution in [-0.2, 0) is 9.47 Å². The van der Waals surface area contributed by atoms with Crippen LogP contribution in [0.2, 0.25) is 0 Å². The summed E-state index contributed by atoms with van der Waals surface area (Å²) >= 11 is 0. The second kappa shape index (κ2) is 6.83. The molecular formula is C10H16O2. The summed E-state index contributed by atoms with van der Waals surface area (Å²) in [6.45, 7) is 7.81. The highest BCUT2D eigenvalue weighted by atomic mass is 16.5. The zero-order valence-electron chi connectivity index (χ0n) is 7.75. The second-order valence-electron chi connectivity index (χ2n) is 2.29. The molecule has 0 saturated heterocycles. The Morgan fingerprint density at radius 1 is 1.42 bits per heavy atom. The van der Waals surface area contributed by atoms with Gasteiger partial charge < -0.3 is 9.47 Å². The van der Waals surface area contributed by atoms with E-state index in [0.717, 1.165) is 5.57 Å². The first-order valence-corrected chi connectivity index (χ1v) is 3.76. The van der Waals surface area contributed by atoms with Crippen LogP contribution in [0.5, 0.6) is 0 Å². The molecule has 0 radical (unpaired) electrons. The van der Waals surface area contributed by atoms with Gasteiger partial charge in [0.1, 0.15) is 6.10 Å². The number of allylic oxidation sites excluding steroid dienone is 2. The van der Waals surface area contributed by atoms with Crippen molar-refractivity contribution < 1.29 is 9.47 Å². The van der Waals surface area contributed by atoms with Crippen LogP contribution in [0.4, 0.5) is 0 Å². The van der Waals surface area contributed by atoms with E-state index in [-0.39, 0.29) is 6.10 Å². The molecule has 12 heavy (non-hydrogen) atoms. The Balaban J connectivity index is 4.31. The molecule has 0 N–H and O–H groups in total. The van der Waals surface area contributed by atoms with Crippen LogP contribution in [-0.4, -0.2) is 26.9 Å². The highest BCUT2D eigenvalue weighted by Crippen LogP contribution is 2.07. The summed E-state index contributed by atoms with van der Waals surface area (Å²) in [5, 5.41) is 0. The quantitative estimate of drug-likeness (QED) is 0.564. The Labute approximate surface area is 74.2 Å². The van der Waals surface area contributed by atoms with Crippen LogP contribution in [0, 0.1) is 0 Å². The van der Waals surface area contributed by atoms with Gasteiger partial charge in [0.15, 0.2) is 0 Å². The van der Waals surface area contributed by atoms with Crippen molar-refractivity contribution in [2.24, 2.45) is 0 Å². The van der Waals surface area contributed by atoms with Crippen molar-refractivity contribution in [1.29, 1.82) is 0 Å². The summed E-state index contributed by atoms with van der Waals surface area (Å²) in [7, 11) is 3.28. The minimum absolute atomic E-state index is 0.0505. The van der Waals surface area contributed by atoms with Gasteiger partial charge in [-0.25, -0.2) is 0 Å². The van der Waals surface area contributed by atoms with E-state index < -0.39 is 0 Å². The van der Waals surface area contributed by atoms with Crippen LogP contribution < -0.4 is 0 Å². The van der Waals surface area contributed by atoms with Gasteiger partial charge >= 0.3 is 0 Å². The monoisotopic (exact) mass is 168 g/mol. The lowest BCUT2D eigenvalue weighted by molar-refractivity contribution is 0.0524. The smallest absolute Gasteiger partial charge is 0.105 e. The zero-order valence-corrected chi connectivity index (χ0v) is 7.75. The Morgan fingerprint density at radius 3 is 2.42 bits per heavy atom. The predicted molar refractivity (Wildman–Crippen MR) is 51.2 cm³/mol. The summed E-state index contributed by atoms with van der Waals surface area (Å²) in [6, 6.07) is 0. The van der Waals surface area contributed by atoms with Gasteiger partial charge in [0.05, 0.1) is 6.61 Å².